The highest BCUT2D eigenvalue weighted by Crippen LogP contribution is 1.98. The zero-order chi connectivity index (χ0) is 10.6. The van der Waals surface area contributed by atoms with E-state index in [2.05, 4.69) is 15.3 Å². The molecule has 1 aromatic heterocycles. The van der Waals surface area contributed by atoms with Gasteiger partial charge in [-0.25, -0.2) is 4.98 Å². The summed E-state index contributed by atoms with van der Waals surface area (Å²) in [7, 11) is 0. The number of nitrogens with two attached hydrogens (primary N) is 2. The Morgan fingerprint density at radius 3 is 1.86 bits per heavy atom. The van der Waals surface area contributed by atoms with Crippen LogP contribution in [0.25, 0.3) is 0 Å². The summed E-state index contributed by atoms with van der Waals surface area (Å²) in [6.45, 7) is 0. The van der Waals surface area contributed by atoms with Gasteiger partial charge in [0.15, 0.2) is 11.7 Å². The van der Waals surface area contributed by atoms with Crippen molar-refractivity contribution in [3.8, 4) is 0 Å². The van der Waals surface area contributed by atoms with E-state index < -0.39 is 0 Å². The highest BCUT2D eigenvalue weighted by atomic mass is 16.4. The standard InChI is InChI=1S/C7H9N5O2/c8-6(11-13)4-2-1-3-5(10-4)7(9)12-14/h1-3,13-14H,(H2,8,11)(H2,9,12). The largest absolute Gasteiger partial charge is 0.409 e. The van der Waals surface area contributed by atoms with Crippen LogP contribution in [0.15, 0.2) is 28.5 Å². The fourth-order valence-corrected chi connectivity index (χ4v) is 0.822. The monoisotopic (exact) mass is 195 g/mol. The lowest BCUT2D eigenvalue weighted by molar-refractivity contribution is 0.318. The molecule has 1 aromatic rings. The number of oxime groups is 2. The van der Waals surface area contributed by atoms with Gasteiger partial charge in [0, 0.05) is 0 Å². The SMILES string of the molecule is N/C(=N\O)c1cccc(/C(N)=N/O)n1. The number of hydrogen-bond donors (Lipinski definition) is 4. The van der Waals surface area contributed by atoms with Crippen molar-refractivity contribution in [1.29, 1.82) is 0 Å². The molecule has 7 heteroatoms. The Bertz CT molecular complexity index is 354. The third kappa shape index (κ3) is 1.89. The minimum Gasteiger partial charge on any atom is -0.409 e. The minimum atomic E-state index is -0.141. The molecule has 14 heavy (non-hydrogen) atoms. The zero-order valence-electron chi connectivity index (χ0n) is 7.12. The Morgan fingerprint density at radius 2 is 1.50 bits per heavy atom. The van der Waals surface area contributed by atoms with E-state index in [4.69, 9.17) is 21.9 Å². The van der Waals surface area contributed by atoms with Crippen LogP contribution >= 0.6 is 0 Å². The second kappa shape index (κ2) is 4.08. The highest BCUT2D eigenvalue weighted by Gasteiger charge is 2.04. The Balaban J connectivity index is 3.14. The Morgan fingerprint density at radius 1 is 1.07 bits per heavy atom. The van der Waals surface area contributed by atoms with Crippen molar-refractivity contribution in [2.45, 2.75) is 0 Å². The first-order chi connectivity index (χ1) is 6.69. The van der Waals surface area contributed by atoms with Gasteiger partial charge in [-0.05, 0) is 12.1 Å². The molecule has 6 N–H and O–H groups in total. The zero-order valence-corrected chi connectivity index (χ0v) is 7.12. The Hall–Kier alpha value is -2.31. The summed E-state index contributed by atoms with van der Waals surface area (Å²) in [6.07, 6.45) is 0. The van der Waals surface area contributed by atoms with Gasteiger partial charge < -0.3 is 21.9 Å². The number of pyridine rings is 1. The summed E-state index contributed by atoms with van der Waals surface area (Å²) >= 11 is 0. The van der Waals surface area contributed by atoms with Gasteiger partial charge in [-0.1, -0.05) is 16.4 Å². The summed E-state index contributed by atoms with van der Waals surface area (Å²) in [5, 5.41) is 22.3. The maximum atomic E-state index is 8.39. The predicted octanol–water partition coefficient (Wildman–Crippen LogP) is -0.729. The molecule has 0 atom stereocenters. The van der Waals surface area contributed by atoms with Crippen molar-refractivity contribution >= 4 is 11.7 Å². The molecule has 0 saturated heterocycles. The van der Waals surface area contributed by atoms with Gasteiger partial charge in [0.05, 0.1) is 0 Å². The van der Waals surface area contributed by atoms with Crippen LogP contribution in [0.4, 0.5) is 0 Å². The average Bonchev–Trinajstić information content (AvgIpc) is 2.27. The Labute approximate surface area is 79.3 Å². The molecule has 0 spiro atoms. The second-order valence-corrected chi connectivity index (χ2v) is 2.38. The van der Waals surface area contributed by atoms with E-state index in [9.17, 15) is 0 Å². The van der Waals surface area contributed by atoms with Crippen LogP contribution in [-0.4, -0.2) is 27.1 Å². The van der Waals surface area contributed by atoms with Gasteiger partial charge in [0.25, 0.3) is 0 Å². The van der Waals surface area contributed by atoms with E-state index in [-0.39, 0.29) is 23.1 Å². The van der Waals surface area contributed by atoms with E-state index in [1.807, 2.05) is 0 Å². The van der Waals surface area contributed by atoms with Crippen molar-refractivity contribution < 1.29 is 10.4 Å². The van der Waals surface area contributed by atoms with Crippen LogP contribution in [0.5, 0.6) is 0 Å². The molecule has 0 fully saturated rings. The van der Waals surface area contributed by atoms with Gasteiger partial charge in [0.1, 0.15) is 11.4 Å². The summed E-state index contributed by atoms with van der Waals surface area (Å²) in [6, 6.07) is 4.65. The van der Waals surface area contributed by atoms with Gasteiger partial charge in [-0.2, -0.15) is 0 Å². The number of rotatable bonds is 2. The maximum absolute atomic E-state index is 8.39. The normalized spacial score (nSPS) is 12.9. The third-order valence-electron chi connectivity index (χ3n) is 1.49. The fourth-order valence-electron chi connectivity index (χ4n) is 0.822. The molecule has 1 heterocycles. The van der Waals surface area contributed by atoms with E-state index >= 15 is 0 Å². The van der Waals surface area contributed by atoms with Crippen molar-refractivity contribution in [2.75, 3.05) is 0 Å². The molecule has 0 aliphatic rings. The van der Waals surface area contributed by atoms with Crippen LogP contribution in [-0.2, 0) is 0 Å². The summed E-state index contributed by atoms with van der Waals surface area (Å²) < 4.78 is 0. The topological polar surface area (TPSA) is 130 Å². The molecule has 0 bridgehead atoms. The van der Waals surface area contributed by atoms with Gasteiger partial charge >= 0.3 is 0 Å². The number of hydrogen-bond acceptors (Lipinski definition) is 5. The lowest BCUT2D eigenvalue weighted by atomic mass is 10.3. The molecule has 0 saturated carbocycles. The molecular weight excluding hydrogens is 186 g/mol. The summed E-state index contributed by atoms with van der Waals surface area (Å²) in [4.78, 5) is 3.88. The molecule has 1 rings (SSSR count). The predicted molar refractivity (Wildman–Crippen MR) is 49.3 cm³/mol. The van der Waals surface area contributed by atoms with Crippen molar-refractivity contribution in [2.24, 2.45) is 21.8 Å². The molecule has 0 unspecified atom stereocenters. The number of nitrogens with zero attached hydrogens (tertiary/aromatic N) is 3. The lowest BCUT2D eigenvalue weighted by Gasteiger charge is -2.00. The van der Waals surface area contributed by atoms with Gasteiger partial charge in [-0.3, -0.25) is 0 Å². The average molecular weight is 195 g/mol. The van der Waals surface area contributed by atoms with Crippen LogP contribution in [0, 0.1) is 0 Å². The molecule has 0 aromatic carbocycles. The molecule has 7 nitrogen and oxygen atoms in total. The van der Waals surface area contributed by atoms with E-state index in [1.165, 1.54) is 12.1 Å². The smallest absolute Gasteiger partial charge is 0.188 e. The van der Waals surface area contributed by atoms with Crippen molar-refractivity contribution in [1.82, 2.24) is 4.98 Å². The summed E-state index contributed by atoms with van der Waals surface area (Å²) in [5.41, 5.74) is 11.1. The van der Waals surface area contributed by atoms with Crippen LogP contribution in [0.1, 0.15) is 11.4 Å². The quantitative estimate of drug-likeness (QED) is 0.214. The van der Waals surface area contributed by atoms with Gasteiger partial charge in [0.2, 0.25) is 0 Å². The second-order valence-electron chi connectivity index (χ2n) is 2.38. The summed E-state index contributed by atoms with van der Waals surface area (Å²) in [5.74, 6) is -0.282. The fraction of sp³-hybridized carbons (Fsp3) is 0. The van der Waals surface area contributed by atoms with Crippen molar-refractivity contribution in [3.05, 3.63) is 29.6 Å². The first kappa shape index (κ1) is 9.78. The first-order valence-corrected chi connectivity index (χ1v) is 3.62. The van der Waals surface area contributed by atoms with Gasteiger partial charge in [-0.15, -0.1) is 0 Å². The highest BCUT2D eigenvalue weighted by molar-refractivity contribution is 5.98. The number of amidine groups is 2. The maximum Gasteiger partial charge on any atom is 0.188 e. The first-order valence-electron chi connectivity index (χ1n) is 3.62. The van der Waals surface area contributed by atoms with Crippen LogP contribution in [0.3, 0.4) is 0 Å². The van der Waals surface area contributed by atoms with Crippen molar-refractivity contribution in [3.63, 3.8) is 0 Å². The third-order valence-corrected chi connectivity index (χ3v) is 1.49. The number of aromatic nitrogens is 1. The molecule has 0 amide bonds. The van der Waals surface area contributed by atoms with Crippen LogP contribution in [0.2, 0.25) is 0 Å². The van der Waals surface area contributed by atoms with E-state index in [0.29, 0.717) is 0 Å². The molecule has 0 radical (unpaired) electrons. The molecule has 0 aliphatic heterocycles. The van der Waals surface area contributed by atoms with Crippen LogP contribution < -0.4 is 11.5 Å². The molecule has 74 valence electrons. The van der Waals surface area contributed by atoms with E-state index in [1.54, 1.807) is 6.07 Å². The van der Waals surface area contributed by atoms with E-state index in [0.717, 1.165) is 0 Å². The lowest BCUT2D eigenvalue weighted by Crippen LogP contribution is -2.20. The minimum absolute atomic E-state index is 0.141. The molecular formula is C7H9N5O2. The Kier molecular flexibility index (Phi) is 2.85. The molecule has 0 aliphatic carbocycles.